The molecule has 0 fully saturated rings. The second-order valence-corrected chi connectivity index (χ2v) is 21.0. The molecule has 2 atom stereocenters. The Hall–Kier alpha value is -1.92. The van der Waals surface area contributed by atoms with E-state index in [0.29, 0.717) is 25.9 Å². The van der Waals surface area contributed by atoms with Crippen molar-refractivity contribution in [3.8, 4) is 0 Å². The lowest BCUT2D eigenvalue weighted by Gasteiger charge is -2.22. The van der Waals surface area contributed by atoms with Crippen LogP contribution in [0.3, 0.4) is 0 Å². The Kier molecular flexibility index (Phi) is 57.0. The molecule has 0 spiro atoms. The SMILES string of the molecule is CCCCCCCCC/C=C\CCCCCCCC(=O)OCCCCCCCCCCC/C=C\C/C=C\CCCCCCCCCCCC(=O)NC(CO)C(O)CCCCCCCCCCCCC. The lowest BCUT2D eigenvalue weighted by molar-refractivity contribution is -0.143. The molecule has 0 aromatic carbocycles. The third-order valence-electron chi connectivity index (χ3n) is 14.2. The Morgan fingerprint density at radius 1 is 0.406 bits per heavy atom. The van der Waals surface area contributed by atoms with E-state index in [1.54, 1.807) is 0 Å². The molecule has 69 heavy (non-hydrogen) atoms. The summed E-state index contributed by atoms with van der Waals surface area (Å²) in [5.74, 6) is -0.0404. The third kappa shape index (κ3) is 55.2. The van der Waals surface area contributed by atoms with Gasteiger partial charge in [0.15, 0.2) is 0 Å². The summed E-state index contributed by atoms with van der Waals surface area (Å²) in [5, 5.41) is 23.2. The van der Waals surface area contributed by atoms with Crippen molar-refractivity contribution >= 4 is 11.9 Å². The molecule has 0 saturated heterocycles. The van der Waals surface area contributed by atoms with Crippen LogP contribution in [-0.4, -0.2) is 47.4 Å². The molecule has 0 aromatic heterocycles. The maximum atomic E-state index is 12.4. The van der Waals surface area contributed by atoms with Gasteiger partial charge in [-0.05, 0) is 83.5 Å². The van der Waals surface area contributed by atoms with Gasteiger partial charge in [-0.1, -0.05) is 269 Å². The van der Waals surface area contributed by atoms with E-state index in [1.165, 1.54) is 244 Å². The van der Waals surface area contributed by atoms with Crippen LogP contribution in [0.2, 0.25) is 0 Å². The Labute approximate surface area is 430 Å². The number of amides is 1. The van der Waals surface area contributed by atoms with Gasteiger partial charge in [-0.3, -0.25) is 9.59 Å². The van der Waals surface area contributed by atoms with Crippen LogP contribution in [0.15, 0.2) is 36.5 Å². The van der Waals surface area contributed by atoms with Gasteiger partial charge in [-0.15, -0.1) is 0 Å². The number of allylic oxidation sites excluding steroid dienone is 6. The van der Waals surface area contributed by atoms with E-state index >= 15 is 0 Å². The fourth-order valence-electron chi connectivity index (χ4n) is 9.43. The molecular formula is C63H119NO5. The van der Waals surface area contributed by atoms with Crippen LogP contribution in [-0.2, 0) is 14.3 Å². The van der Waals surface area contributed by atoms with Crippen molar-refractivity contribution in [3.63, 3.8) is 0 Å². The highest BCUT2D eigenvalue weighted by Crippen LogP contribution is 2.17. The lowest BCUT2D eigenvalue weighted by atomic mass is 10.0. The number of carbonyl (C=O) groups excluding carboxylic acids is 2. The molecule has 2 unspecified atom stereocenters. The van der Waals surface area contributed by atoms with Crippen molar-refractivity contribution in [2.75, 3.05) is 13.2 Å². The van der Waals surface area contributed by atoms with Gasteiger partial charge in [-0.25, -0.2) is 0 Å². The largest absolute Gasteiger partial charge is 0.466 e. The van der Waals surface area contributed by atoms with Crippen LogP contribution in [0.1, 0.15) is 328 Å². The zero-order chi connectivity index (χ0) is 50.0. The van der Waals surface area contributed by atoms with Crippen LogP contribution in [0.25, 0.3) is 0 Å². The van der Waals surface area contributed by atoms with Crippen molar-refractivity contribution in [1.82, 2.24) is 5.32 Å². The van der Waals surface area contributed by atoms with Crippen molar-refractivity contribution in [3.05, 3.63) is 36.5 Å². The van der Waals surface area contributed by atoms with Crippen molar-refractivity contribution < 1.29 is 24.5 Å². The number of aliphatic hydroxyl groups is 2. The van der Waals surface area contributed by atoms with E-state index in [9.17, 15) is 19.8 Å². The van der Waals surface area contributed by atoms with E-state index < -0.39 is 12.1 Å². The molecule has 0 rings (SSSR count). The molecule has 0 saturated carbocycles. The Morgan fingerprint density at radius 2 is 0.725 bits per heavy atom. The summed E-state index contributed by atoms with van der Waals surface area (Å²) in [6, 6.07) is -0.545. The Bertz CT molecular complexity index is 1120. The fraction of sp³-hybridized carbons (Fsp3) is 0.873. The summed E-state index contributed by atoms with van der Waals surface area (Å²) in [4.78, 5) is 24.5. The molecule has 6 nitrogen and oxygen atoms in total. The minimum atomic E-state index is -0.667. The third-order valence-corrected chi connectivity index (χ3v) is 14.2. The van der Waals surface area contributed by atoms with Gasteiger partial charge in [0.2, 0.25) is 5.91 Å². The summed E-state index contributed by atoms with van der Waals surface area (Å²) >= 11 is 0. The summed E-state index contributed by atoms with van der Waals surface area (Å²) < 4.78 is 5.48. The summed E-state index contributed by atoms with van der Waals surface area (Å²) in [5.41, 5.74) is 0. The number of unbranched alkanes of at least 4 members (excludes halogenated alkanes) is 40. The molecule has 3 N–H and O–H groups in total. The first kappa shape index (κ1) is 67.1. The van der Waals surface area contributed by atoms with Crippen molar-refractivity contribution in [1.29, 1.82) is 0 Å². The highest BCUT2D eigenvalue weighted by molar-refractivity contribution is 5.76. The molecule has 0 aliphatic heterocycles. The minimum Gasteiger partial charge on any atom is -0.466 e. The standard InChI is InChI=1S/C63H119NO5/c1-3-5-7-9-11-13-15-16-17-30-33-37-41-45-49-53-57-63(68)69-58-54-50-46-42-38-34-31-28-26-24-22-20-18-19-21-23-25-27-29-32-36-40-44-48-52-56-62(67)64-60(59-65)61(66)55-51-47-43-39-35-14-12-10-8-6-4-2/h17,19-22,30,60-61,65-66H,3-16,18,23-29,31-59H2,1-2H3,(H,64,67)/b21-19-,22-20-,30-17-. The van der Waals surface area contributed by atoms with Gasteiger partial charge in [0.1, 0.15) is 0 Å². The van der Waals surface area contributed by atoms with Gasteiger partial charge < -0.3 is 20.3 Å². The predicted octanol–water partition coefficient (Wildman–Crippen LogP) is 19.2. The first-order valence-electron chi connectivity index (χ1n) is 30.7. The molecular weight excluding hydrogens is 851 g/mol. The fourth-order valence-corrected chi connectivity index (χ4v) is 9.43. The maximum absolute atomic E-state index is 12.4. The van der Waals surface area contributed by atoms with Gasteiger partial charge >= 0.3 is 5.97 Å². The molecule has 0 bridgehead atoms. The van der Waals surface area contributed by atoms with Crippen LogP contribution >= 0.6 is 0 Å². The number of ether oxygens (including phenoxy) is 1. The lowest BCUT2D eigenvalue weighted by Crippen LogP contribution is -2.45. The molecule has 406 valence electrons. The highest BCUT2D eigenvalue weighted by Gasteiger charge is 2.20. The average Bonchev–Trinajstić information content (AvgIpc) is 3.35. The Balaban J connectivity index is 3.42. The zero-order valence-corrected chi connectivity index (χ0v) is 46.3. The second-order valence-electron chi connectivity index (χ2n) is 21.0. The molecule has 0 radical (unpaired) electrons. The summed E-state index contributed by atoms with van der Waals surface area (Å²) in [6.07, 6.45) is 73.0. The molecule has 0 aromatic rings. The smallest absolute Gasteiger partial charge is 0.305 e. The van der Waals surface area contributed by atoms with Gasteiger partial charge in [0, 0.05) is 12.8 Å². The number of rotatable bonds is 57. The Morgan fingerprint density at radius 3 is 1.12 bits per heavy atom. The first-order chi connectivity index (χ1) is 34.0. The number of esters is 1. The monoisotopic (exact) mass is 970 g/mol. The van der Waals surface area contributed by atoms with Crippen molar-refractivity contribution in [2.45, 2.75) is 341 Å². The van der Waals surface area contributed by atoms with Crippen molar-refractivity contribution in [2.24, 2.45) is 0 Å². The number of nitrogens with one attached hydrogen (secondary N) is 1. The number of carbonyl (C=O) groups is 2. The van der Waals surface area contributed by atoms with E-state index in [1.807, 2.05) is 0 Å². The number of hydrogen-bond donors (Lipinski definition) is 3. The van der Waals surface area contributed by atoms with Gasteiger partial charge in [-0.2, -0.15) is 0 Å². The normalized spacial score (nSPS) is 12.8. The molecule has 0 aliphatic carbocycles. The van der Waals surface area contributed by atoms with E-state index in [2.05, 4.69) is 55.6 Å². The molecule has 1 amide bonds. The van der Waals surface area contributed by atoms with E-state index in [0.717, 1.165) is 51.4 Å². The first-order valence-corrected chi connectivity index (χ1v) is 30.7. The maximum Gasteiger partial charge on any atom is 0.305 e. The predicted molar refractivity (Wildman–Crippen MR) is 301 cm³/mol. The van der Waals surface area contributed by atoms with E-state index in [-0.39, 0.29) is 18.5 Å². The molecule has 0 aliphatic rings. The second kappa shape index (κ2) is 58.6. The summed E-state index contributed by atoms with van der Waals surface area (Å²) in [7, 11) is 0. The van der Waals surface area contributed by atoms with Crippen LogP contribution in [0.5, 0.6) is 0 Å². The summed E-state index contributed by atoms with van der Waals surface area (Å²) in [6.45, 7) is 4.94. The number of aliphatic hydroxyl groups excluding tert-OH is 2. The highest BCUT2D eigenvalue weighted by atomic mass is 16.5. The molecule has 0 heterocycles. The molecule has 6 heteroatoms. The van der Waals surface area contributed by atoms with E-state index in [4.69, 9.17) is 4.74 Å². The van der Waals surface area contributed by atoms with Gasteiger partial charge in [0.25, 0.3) is 0 Å². The average molecular weight is 971 g/mol. The van der Waals surface area contributed by atoms with Gasteiger partial charge in [0.05, 0.1) is 25.4 Å². The topological polar surface area (TPSA) is 95.9 Å². The van der Waals surface area contributed by atoms with Crippen LogP contribution in [0.4, 0.5) is 0 Å². The minimum absolute atomic E-state index is 0.00154. The zero-order valence-electron chi connectivity index (χ0n) is 46.3. The number of hydrogen-bond acceptors (Lipinski definition) is 5. The van der Waals surface area contributed by atoms with Crippen LogP contribution in [0, 0.1) is 0 Å². The van der Waals surface area contributed by atoms with Crippen LogP contribution < -0.4 is 5.32 Å². The quantitative estimate of drug-likeness (QED) is 0.0321.